The summed E-state index contributed by atoms with van der Waals surface area (Å²) in [6.45, 7) is 4.24. The fraction of sp³-hybridized carbons (Fsp3) is 0.684. The van der Waals surface area contributed by atoms with E-state index in [4.69, 9.17) is 4.74 Å². The molecule has 0 aromatic heterocycles. The van der Waals surface area contributed by atoms with Gasteiger partial charge in [0.15, 0.2) is 0 Å². The number of benzene rings is 1. The number of hydrogen-bond donors (Lipinski definition) is 1. The average molecular weight is 287 g/mol. The van der Waals surface area contributed by atoms with E-state index in [9.17, 15) is 0 Å². The molecule has 1 aliphatic carbocycles. The molecular weight excluding hydrogens is 258 g/mol. The zero-order valence-electron chi connectivity index (χ0n) is 13.3. The van der Waals surface area contributed by atoms with E-state index in [1.807, 2.05) is 0 Å². The van der Waals surface area contributed by atoms with E-state index in [1.165, 1.54) is 50.5 Å². The fourth-order valence-corrected chi connectivity index (χ4v) is 4.02. The summed E-state index contributed by atoms with van der Waals surface area (Å²) in [5, 5.41) is 3.84. The third kappa shape index (κ3) is 3.49. The van der Waals surface area contributed by atoms with E-state index in [2.05, 4.69) is 36.5 Å². The molecule has 0 spiro atoms. The van der Waals surface area contributed by atoms with Gasteiger partial charge in [0.1, 0.15) is 0 Å². The Bertz CT molecular complexity index is 445. The van der Waals surface area contributed by atoms with Gasteiger partial charge in [0.2, 0.25) is 0 Å². The quantitative estimate of drug-likeness (QED) is 0.783. The van der Waals surface area contributed by atoms with Gasteiger partial charge in [-0.25, -0.2) is 0 Å². The molecule has 0 saturated heterocycles. The molecular formula is C19H29NO. The highest BCUT2D eigenvalue weighted by molar-refractivity contribution is 5.34. The molecule has 2 nitrogen and oxygen atoms in total. The molecule has 0 radical (unpaired) electrons. The van der Waals surface area contributed by atoms with Crippen LogP contribution in [0.25, 0.3) is 0 Å². The normalized spacial score (nSPS) is 28.0. The standard InChI is InChI=1S/C19H29NO/c1-2-3-4-7-13-20-17-11-8-12-18-19(17)16-10-6-5-9-15(16)14-21-18/h5-6,9-10,17-20H,2-4,7-8,11-14H2,1H3/t17-,18-,19+/m1/s1. The summed E-state index contributed by atoms with van der Waals surface area (Å²) in [7, 11) is 0. The molecule has 1 aliphatic heterocycles. The third-order valence-electron chi connectivity index (χ3n) is 5.14. The first-order valence-electron chi connectivity index (χ1n) is 8.83. The number of hydrogen-bond acceptors (Lipinski definition) is 2. The minimum Gasteiger partial charge on any atom is -0.373 e. The smallest absolute Gasteiger partial charge is 0.0723 e. The van der Waals surface area contributed by atoms with Crippen LogP contribution < -0.4 is 5.32 Å². The van der Waals surface area contributed by atoms with Gasteiger partial charge in [-0.05, 0) is 43.4 Å². The van der Waals surface area contributed by atoms with Crippen LogP contribution in [0.15, 0.2) is 24.3 Å². The summed E-state index contributed by atoms with van der Waals surface area (Å²) < 4.78 is 6.14. The molecule has 3 rings (SSSR count). The molecule has 3 atom stereocenters. The summed E-state index contributed by atoms with van der Waals surface area (Å²) in [5.41, 5.74) is 2.94. The van der Waals surface area contributed by atoms with Crippen LogP contribution in [0.3, 0.4) is 0 Å². The predicted molar refractivity (Wildman–Crippen MR) is 87.5 cm³/mol. The summed E-state index contributed by atoms with van der Waals surface area (Å²) in [6.07, 6.45) is 9.61. The largest absolute Gasteiger partial charge is 0.373 e. The van der Waals surface area contributed by atoms with E-state index in [-0.39, 0.29) is 0 Å². The van der Waals surface area contributed by atoms with Gasteiger partial charge in [0.05, 0.1) is 12.7 Å². The van der Waals surface area contributed by atoms with Crippen molar-refractivity contribution in [3.05, 3.63) is 35.4 Å². The van der Waals surface area contributed by atoms with Gasteiger partial charge >= 0.3 is 0 Å². The van der Waals surface area contributed by atoms with Crippen LogP contribution >= 0.6 is 0 Å². The van der Waals surface area contributed by atoms with Crippen molar-refractivity contribution in [2.45, 2.75) is 76.5 Å². The lowest BCUT2D eigenvalue weighted by Gasteiger charge is -2.42. The van der Waals surface area contributed by atoms with Crippen LogP contribution in [0.2, 0.25) is 0 Å². The predicted octanol–water partition coefficient (Wildman–Crippen LogP) is 4.39. The molecule has 21 heavy (non-hydrogen) atoms. The second-order valence-corrected chi connectivity index (χ2v) is 6.63. The first-order chi connectivity index (χ1) is 10.4. The summed E-state index contributed by atoms with van der Waals surface area (Å²) in [5.74, 6) is 0.565. The van der Waals surface area contributed by atoms with Crippen LogP contribution in [0.4, 0.5) is 0 Å². The number of unbranched alkanes of at least 4 members (excludes halogenated alkanes) is 3. The van der Waals surface area contributed by atoms with E-state index in [0.717, 1.165) is 13.2 Å². The molecule has 1 N–H and O–H groups in total. The molecule has 2 heteroatoms. The minimum atomic E-state index is 0.432. The van der Waals surface area contributed by atoms with Gasteiger partial charge in [-0.2, -0.15) is 0 Å². The van der Waals surface area contributed by atoms with Gasteiger partial charge < -0.3 is 10.1 Å². The lowest BCUT2D eigenvalue weighted by molar-refractivity contribution is -0.0217. The van der Waals surface area contributed by atoms with Gasteiger partial charge in [-0.3, -0.25) is 0 Å². The zero-order chi connectivity index (χ0) is 14.5. The van der Waals surface area contributed by atoms with E-state index in [0.29, 0.717) is 18.1 Å². The van der Waals surface area contributed by atoms with Crippen molar-refractivity contribution in [2.75, 3.05) is 6.54 Å². The second-order valence-electron chi connectivity index (χ2n) is 6.63. The Kier molecular flexibility index (Phi) is 5.32. The highest BCUT2D eigenvalue weighted by Crippen LogP contribution is 2.40. The SMILES string of the molecule is CCCCCCN[C@@H]1CCC[C@H]2OCc3ccccc3[C@@H]12. The molecule has 1 saturated carbocycles. The van der Waals surface area contributed by atoms with Crippen molar-refractivity contribution in [1.82, 2.24) is 5.32 Å². The lowest BCUT2D eigenvalue weighted by Crippen LogP contribution is -2.46. The van der Waals surface area contributed by atoms with Gasteiger partial charge in [-0.15, -0.1) is 0 Å². The molecule has 0 unspecified atom stereocenters. The molecule has 0 amide bonds. The minimum absolute atomic E-state index is 0.432. The fourth-order valence-electron chi connectivity index (χ4n) is 4.02. The molecule has 1 fully saturated rings. The molecule has 2 aliphatic rings. The monoisotopic (exact) mass is 287 g/mol. The van der Waals surface area contributed by atoms with E-state index < -0.39 is 0 Å². The average Bonchev–Trinajstić information content (AvgIpc) is 2.54. The van der Waals surface area contributed by atoms with E-state index in [1.54, 1.807) is 5.56 Å². The third-order valence-corrected chi connectivity index (χ3v) is 5.14. The molecule has 1 aromatic carbocycles. The van der Waals surface area contributed by atoms with Gasteiger partial charge in [-0.1, -0.05) is 50.5 Å². The Hall–Kier alpha value is -0.860. The van der Waals surface area contributed by atoms with Crippen LogP contribution in [0.5, 0.6) is 0 Å². The maximum absolute atomic E-state index is 6.14. The van der Waals surface area contributed by atoms with Crippen molar-refractivity contribution in [2.24, 2.45) is 0 Å². The Morgan fingerprint density at radius 1 is 1.14 bits per heavy atom. The first kappa shape index (κ1) is 15.1. The van der Waals surface area contributed by atoms with Crippen molar-refractivity contribution in [1.29, 1.82) is 0 Å². The second kappa shape index (κ2) is 7.42. The van der Waals surface area contributed by atoms with E-state index >= 15 is 0 Å². The summed E-state index contributed by atoms with van der Waals surface area (Å²) in [4.78, 5) is 0. The lowest BCUT2D eigenvalue weighted by atomic mass is 9.75. The van der Waals surface area contributed by atoms with Crippen molar-refractivity contribution >= 4 is 0 Å². The molecule has 0 bridgehead atoms. The van der Waals surface area contributed by atoms with Gasteiger partial charge in [0.25, 0.3) is 0 Å². The van der Waals surface area contributed by atoms with Gasteiger partial charge in [0, 0.05) is 12.0 Å². The first-order valence-corrected chi connectivity index (χ1v) is 8.83. The number of ether oxygens (including phenoxy) is 1. The number of fused-ring (bicyclic) bond motifs is 3. The topological polar surface area (TPSA) is 21.3 Å². The van der Waals surface area contributed by atoms with Crippen molar-refractivity contribution in [3.8, 4) is 0 Å². The van der Waals surface area contributed by atoms with Crippen molar-refractivity contribution in [3.63, 3.8) is 0 Å². The maximum atomic E-state index is 6.14. The number of rotatable bonds is 6. The van der Waals surface area contributed by atoms with Crippen LogP contribution in [-0.4, -0.2) is 18.7 Å². The Balaban J connectivity index is 1.64. The highest BCUT2D eigenvalue weighted by atomic mass is 16.5. The number of nitrogens with one attached hydrogen (secondary N) is 1. The van der Waals surface area contributed by atoms with Crippen LogP contribution in [0, 0.1) is 0 Å². The Morgan fingerprint density at radius 3 is 2.95 bits per heavy atom. The van der Waals surface area contributed by atoms with Crippen LogP contribution in [0.1, 0.15) is 68.9 Å². The zero-order valence-corrected chi connectivity index (χ0v) is 13.3. The maximum Gasteiger partial charge on any atom is 0.0723 e. The molecule has 1 aromatic rings. The highest BCUT2D eigenvalue weighted by Gasteiger charge is 2.38. The van der Waals surface area contributed by atoms with Crippen LogP contribution in [-0.2, 0) is 11.3 Å². The Morgan fingerprint density at radius 2 is 2.05 bits per heavy atom. The Labute approximate surface area is 129 Å². The van der Waals surface area contributed by atoms with Crippen molar-refractivity contribution < 1.29 is 4.74 Å². The summed E-state index contributed by atoms with van der Waals surface area (Å²) >= 11 is 0. The molecule has 1 heterocycles. The molecule has 116 valence electrons. The summed E-state index contributed by atoms with van der Waals surface area (Å²) in [6, 6.07) is 9.49.